The summed E-state index contributed by atoms with van der Waals surface area (Å²) in [6.07, 6.45) is -1.33. The Morgan fingerprint density at radius 3 is 2.25 bits per heavy atom. The number of carboxylic acids is 1. The molecule has 8 heteroatoms. The van der Waals surface area contributed by atoms with Crippen molar-refractivity contribution < 1.29 is 29.3 Å². The van der Waals surface area contributed by atoms with Gasteiger partial charge in [-0.05, 0) is 28.7 Å². The van der Waals surface area contributed by atoms with E-state index in [-0.39, 0.29) is 50.9 Å². The van der Waals surface area contributed by atoms with Crippen LogP contribution >= 0.6 is 0 Å². The van der Waals surface area contributed by atoms with E-state index in [4.69, 9.17) is 9.84 Å². The molecular weight excluding hydrogens is 412 g/mol. The molecule has 1 heterocycles. The SMILES string of the molecule is O=C(NCCC(=O)N1CC(O)CC(C(=O)O)C1)OCC1c2ccccc2-c2ccccc21. The Balaban J connectivity index is 1.26. The number of hydrogen-bond donors (Lipinski definition) is 3. The van der Waals surface area contributed by atoms with Crippen LogP contribution in [0, 0.1) is 5.92 Å². The number of ether oxygens (including phenoxy) is 1. The first-order chi connectivity index (χ1) is 15.4. The highest BCUT2D eigenvalue weighted by atomic mass is 16.5. The van der Waals surface area contributed by atoms with Crippen LogP contribution in [-0.2, 0) is 14.3 Å². The van der Waals surface area contributed by atoms with Crippen molar-refractivity contribution >= 4 is 18.0 Å². The maximum Gasteiger partial charge on any atom is 0.407 e. The van der Waals surface area contributed by atoms with Crippen LogP contribution in [0.5, 0.6) is 0 Å². The minimum atomic E-state index is -1.03. The predicted octanol–water partition coefficient (Wildman–Crippen LogP) is 2.21. The first-order valence-corrected chi connectivity index (χ1v) is 10.7. The minimum absolute atomic E-state index is 0.00323. The lowest BCUT2D eigenvalue weighted by atomic mass is 9.96. The van der Waals surface area contributed by atoms with Gasteiger partial charge in [0.25, 0.3) is 0 Å². The molecule has 3 N–H and O–H groups in total. The summed E-state index contributed by atoms with van der Waals surface area (Å²) in [6, 6.07) is 16.1. The molecular formula is C24H26N2O6. The number of hydrogen-bond acceptors (Lipinski definition) is 5. The first kappa shape index (κ1) is 21.8. The van der Waals surface area contributed by atoms with Gasteiger partial charge in [-0.2, -0.15) is 0 Å². The van der Waals surface area contributed by atoms with Gasteiger partial charge in [-0.25, -0.2) is 4.79 Å². The molecule has 1 aliphatic heterocycles. The van der Waals surface area contributed by atoms with Gasteiger partial charge in [0.1, 0.15) is 6.61 Å². The summed E-state index contributed by atoms with van der Waals surface area (Å²) in [4.78, 5) is 37.1. The van der Waals surface area contributed by atoms with Gasteiger partial charge in [-0.1, -0.05) is 48.5 Å². The fraction of sp³-hybridized carbons (Fsp3) is 0.375. The zero-order valence-corrected chi connectivity index (χ0v) is 17.6. The second-order valence-electron chi connectivity index (χ2n) is 8.23. The highest BCUT2D eigenvalue weighted by molar-refractivity contribution is 5.80. The number of carbonyl (C=O) groups excluding carboxylic acids is 2. The smallest absolute Gasteiger partial charge is 0.407 e. The number of nitrogens with zero attached hydrogens (tertiary/aromatic N) is 1. The van der Waals surface area contributed by atoms with Crippen LogP contribution in [0.2, 0.25) is 0 Å². The molecule has 0 saturated carbocycles. The summed E-state index contributed by atoms with van der Waals surface area (Å²) in [5.41, 5.74) is 4.53. The number of likely N-dealkylation sites (tertiary alicyclic amines) is 1. The Hall–Kier alpha value is -3.39. The van der Waals surface area contributed by atoms with Gasteiger partial charge in [0.2, 0.25) is 5.91 Å². The summed E-state index contributed by atoms with van der Waals surface area (Å²) in [5, 5.41) is 21.6. The van der Waals surface area contributed by atoms with Crippen molar-refractivity contribution in [2.45, 2.75) is 24.9 Å². The number of fused-ring (bicyclic) bond motifs is 3. The van der Waals surface area contributed by atoms with Crippen molar-refractivity contribution in [3.05, 3.63) is 59.7 Å². The highest BCUT2D eigenvalue weighted by Gasteiger charge is 2.33. The number of carbonyl (C=O) groups is 3. The van der Waals surface area contributed by atoms with E-state index >= 15 is 0 Å². The summed E-state index contributed by atoms with van der Waals surface area (Å²) in [5.74, 6) is -2.16. The minimum Gasteiger partial charge on any atom is -0.481 e. The van der Waals surface area contributed by atoms with E-state index in [0.29, 0.717) is 0 Å². The summed E-state index contributed by atoms with van der Waals surface area (Å²) in [7, 11) is 0. The molecule has 2 aromatic rings. The number of β-amino-alcohol motifs (C(OH)–C–C–N with tert-alkyl or cyclic N) is 1. The number of carboxylic acid groups (broad SMARTS) is 1. The van der Waals surface area contributed by atoms with Gasteiger partial charge in [0, 0.05) is 32.0 Å². The standard InChI is InChI=1S/C24H26N2O6/c27-16-11-15(23(29)30)12-26(13-16)22(28)9-10-25-24(31)32-14-21-19-7-3-1-5-17(19)18-6-2-4-8-20(18)21/h1-8,15-16,21,27H,9-14H2,(H,25,31)(H,29,30). The fourth-order valence-corrected chi connectivity index (χ4v) is 4.53. The molecule has 0 radical (unpaired) electrons. The molecule has 2 aromatic carbocycles. The van der Waals surface area contributed by atoms with Gasteiger partial charge < -0.3 is 25.2 Å². The lowest BCUT2D eigenvalue weighted by molar-refractivity contribution is -0.148. The number of aliphatic hydroxyl groups excluding tert-OH is 1. The molecule has 4 rings (SSSR count). The first-order valence-electron chi connectivity index (χ1n) is 10.7. The van der Waals surface area contributed by atoms with E-state index in [1.807, 2.05) is 36.4 Å². The van der Waals surface area contributed by atoms with Gasteiger partial charge in [-0.3, -0.25) is 9.59 Å². The average Bonchev–Trinajstić information content (AvgIpc) is 3.11. The van der Waals surface area contributed by atoms with Crippen molar-refractivity contribution in [2.24, 2.45) is 5.92 Å². The van der Waals surface area contributed by atoms with E-state index in [0.717, 1.165) is 22.3 Å². The molecule has 32 heavy (non-hydrogen) atoms. The Kier molecular flexibility index (Phi) is 6.41. The molecule has 8 nitrogen and oxygen atoms in total. The van der Waals surface area contributed by atoms with E-state index < -0.39 is 24.1 Å². The van der Waals surface area contributed by atoms with Crippen LogP contribution in [0.1, 0.15) is 29.9 Å². The third-order valence-corrected chi connectivity index (χ3v) is 6.08. The quantitative estimate of drug-likeness (QED) is 0.637. The van der Waals surface area contributed by atoms with Crippen LogP contribution in [0.25, 0.3) is 11.1 Å². The normalized spacial score (nSPS) is 19.7. The number of amides is 2. The second kappa shape index (κ2) is 9.40. The largest absolute Gasteiger partial charge is 0.481 e. The number of alkyl carbamates (subject to hydrolysis) is 1. The molecule has 2 unspecified atom stereocenters. The summed E-state index contributed by atoms with van der Waals surface area (Å²) < 4.78 is 5.44. The molecule has 0 bridgehead atoms. The average molecular weight is 438 g/mol. The van der Waals surface area contributed by atoms with Crippen LogP contribution < -0.4 is 5.32 Å². The third kappa shape index (κ3) is 4.60. The number of aliphatic hydroxyl groups is 1. The van der Waals surface area contributed by atoms with Gasteiger partial charge in [0.15, 0.2) is 0 Å². The van der Waals surface area contributed by atoms with E-state index in [9.17, 15) is 19.5 Å². The number of piperidine rings is 1. The van der Waals surface area contributed by atoms with Crippen molar-refractivity contribution in [1.82, 2.24) is 10.2 Å². The van der Waals surface area contributed by atoms with Crippen LogP contribution in [-0.4, -0.2) is 65.4 Å². The van der Waals surface area contributed by atoms with Crippen molar-refractivity contribution in [3.63, 3.8) is 0 Å². The van der Waals surface area contributed by atoms with Crippen molar-refractivity contribution in [1.29, 1.82) is 0 Å². The highest BCUT2D eigenvalue weighted by Crippen LogP contribution is 2.44. The Bertz CT molecular complexity index is 978. The molecule has 2 amide bonds. The Morgan fingerprint density at radius 2 is 1.62 bits per heavy atom. The predicted molar refractivity (Wildman–Crippen MR) is 116 cm³/mol. The number of nitrogens with one attached hydrogen (secondary N) is 1. The third-order valence-electron chi connectivity index (χ3n) is 6.08. The topological polar surface area (TPSA) is 116 Å². The van der Waals surface area contributed by atoms with Crippen LogP contribution in [0.3, 0.4) is 0 Å². The van der Waals surface area contributed by atoms with E-state index in [2.05, 4.69) is 17.4 Å². The van der Waals surface area contributed by atoms with Gasteiger partial charge in [-0.15, -0.1) is 0 Å². The molecule has 2 aliphatic rings. The monoisotopic (exact) mass is 438 g/mol. The maximum absolute atomic E-state index is 12.4. The Labute approximate surface area is 185 Å². The number of benzene rings is 2. The molecule has 1 saturated heterocycles. The van der Waals surface area contributed by atoms with Crippen molar-refractivity contribution in [3.8, 4) is 11.1 Å². The molecule has 1 fully saturated rings. The molecule has 0 aromatic heterocycles. The van der Waals surface area contributed by atoms with Gasteiger partial charge in [0.05, 0.1) is 12.0 Å². The van der Waals surface area contributed by atoms with Gasteiger partial charge >= 0.3 is 12.1 Å². The molecule has 2 atom stereocenters. The van der Waals surface area contributed by atoms with E-state index in [1.165, 1.54) is 4.90 Å². The number of rotatable bonds is 6. The molecule has 168 valence electrons. The molecule has 0 spiro atoms. The zero-order valence-electron chi connectivity index (χ0n) is 17.6. The second-order valence-corrected chi connectivity index (χ2v) is 8.23. The summed E-state index contributed by atoms with van der Waals surface area (Å²) in [6.45, 7) is 0.427. The zero-order chi connectivity index (χ0) is 22.7. The lowest BCUT2D eigenvalue weighted by Crippen LogP contribution is -2.48. The lowest BCUT2D eigenvalue weighted by Gasteiger charge is -2.33. The maximum atomic E-state index is 12.4. The van der Waals surface area contributed by atoms with E-state index in [1.54, 1.807) is 0 Å². The Morgan fingerprint density at radius 1 is 1.00 bits per heavy atom. The summed E-state index contributed by atoms with van der Waals surface area (Å²) >= 11 is 0. The van der Waals surface area contributed by atoms with Crippen LogP contribution in [0.15, 0.2) is 48.5 Å². The van der Waals surface area contributed by atoms with Crippen molar-refractivity contribution in [2.75, 3.05) is 26.2 Å². The number of aliphatic carboxylic acids is 1. The molecule has 1 aliphatic carbocycles. The fourth-order valence-electron chi connectivity index (χ4n) is 4.53. The van der Waals surface area contributed by atoms with Crippen LogP contribution in [0.4, 0.5) is 4.79 Å².